The molecule has 490 valence electrons. The lowest BCUT2D eigenvalue weighted by Crippen LogP contribution is -2.61. The van der Waals surface area contributed by atoms with E-state index in [0.29, 0.717) is 12.8 Å². The number of aliphatic hydroxyl groups is 5. The molecule has 0 radical (unpaired) electrons. The molecule has 0 spiro atoms. The average Bonchev–Trinajstić information content (AvgIpc) is 3.39. The Hall–Kier alpha value is -4.20. The van der Waals surface area contributed by atoms with Gasteiger partial charge in [0.1, 0.15) is 24.4 Å². The number of hydrogen-bond acceptors (Lipinski definition) is 10. The molecule has 11 nitrogen and oxygen atoms in total. The highest BCUT2D eigenvalue weighted by molar-refractivity contribution is 5.80. The van der Waals surface area contributed by atoms with Crippen LogP contribution >= 0.6 is 0 Å². The molecule has 1 fully saturated rings. The topological polar surface area (TPSA) is 175 Å². The van der Waals surface area contributed by atoms with Gasteiger partial charge in [0, 0.05) is 6.42 Å². The molecule has 0 aromatic carbocycles. The molecule has 1 rings (SSSR count). The van der Waals surface area contributed by atoms with Crippen LogP contribution in [0.25, 0.3) is 0 Å². The maximum Gasteiger partial charge on any atom is 0.306 e. The molecule has 6 N–H and O–H groups in total. The number of unbranched alkanes of at least 4 members (excludes halogenated alkanes) is 23. The Bertz CT molecular complexity index is 1910. The summed E-state index contributed by atoms with van der Waals surface area (Å²) >= 11 is 0. The highest BCUT2D eigenvalue weighted by Crippen LogP contribution is 2.26. The van der Waals surface area contributed by atoms with Crippen molar-refractivity contribution < 1.29 is 49.3 Å². The number of allylic oxidation sites excluding steroid dienone is 21. The fourth-order valence-electron chi connectivity index (χ4n) is 9.94. The molecular weight excluding hydrogens is 1070 g/mol. The normalized spacial score (nSPS) is 19.2. The number of ether oxygens (including phenoxy) is 3. The quantitative estimate of drug-likeness (QED) is 0.0195. The first-order chi connectivity index (χ1) is 42.2. The number of carbonyl (C=O) groups is 2. The molecule has 8 atom stereocenters. The highest BCUT2D eigenvalue weighted by atomic mass is 16.7. The molecule has 11 heteroatoms. The van der Waals surface area contributed by atoms with E-state index in [9.17, 15) is 35.1 Å². The van der Waals surface area contributed by atoms with E-state index in [4.69, 9.17) is 14.2 Å². The van der Waals surface area contributed by atoms with E-state index >= 15 is 0 Å². The van der Waals surface area contributed by atoms with Crippen LogP contribution in [0.3, 0.4) is 0 Å². The average molecular weight is 1200 g/mol. The van der Waals surface area contributed by atoms with Crippen molar-refractivity contribution in [2.45, 2.75) is 314 Å². The van der Waals surface area contributed by atoms with Crippen molar-refractivity contribution in [2.75, 3.05) is 13.2 Å². The van der Waals surface area contributed by atoms with Gasteiger partial charge in [-0.05, 0) is 116 Å². The third kappa shape index (κ3) is 47.8. The van der Waals surface area contributed by atoms with Gasteiger partial charge in [0.15, 0.2) is 12.4 Å². The number of aliphatic hydroxyl groups excluding tert-OH is 5. The number of rotatable bonds is 57. The summed E-state index contributed by atoms with van der Waals surface area (Å²) in [6.07, 6.45) is 76.2. The highest BCUT2D eigenvalue weighted by Gasteiger charge is 2.47. The molecule has 86 heavy (non-hydrogen) atoms. The monoisotopic (exact) mass is 1200 g/mol. The van der Waals surface area contributed by atoms with Crippen molar-refractivity contribution >= 4 is 11.9 Å². The summed E-state index contributed by atoms with van der Waals surface area (Å²) in [6, 6.07) is -1.05. The minimum absolute atomic E-state index is 0.106. The largest absolute Gasteiger partial charge is 0.454 e. The van der Waals surface area contributed by atoms with Gasteiger partial charge in [-0.25, -0.2) is 0 Å². The molecule has 1 aliphatic rings. The predicted molar refractivity (Wildman–Crippen MR) is 361 cm³/mol. The maximum atomic E-state index is 13.5. The lowest BCUT2D eigenvalue weighted by molar-refractivity contribution is -0.305. The van der Waals surface area contributed by atoms with Gasteiger partial charge in [-0.1, -0.05) is 276 Å². The van der Waals surface area contributed by atoms with Crippen LogP contribution in [0.4, 0.5) is 0 Å². The Morgan fingerprint density at radius 3 is 1.26 bits per heavy atom. The van der Waals surface area contributed by atoms with Gasteiger partial charge in [-0.15, -0.1) is 0 Å². The summed E-state index contributed by atoms with van der Waals surface area (Å²) in [4.78, 5) is 26.7. The number of amides is 1. The van der Waals surface area contributed by atoms with Crippen LogP contribution in [-0.4, -0.2) is 99.6 Å². The predicted octanol–water partition coefficient (Wildman–Crippen LogP) is 17.6. The summed E-state index contributed by atoms with van der Waals surface area (Å²) in [7, 11) is 0. The molecule has 0 aromatic rings. The van der Waals surface area contributed by atoms with Gasteiger partial charge in [0.05, 0.1) is 25.4 Å². The molecule has 0 bridgehead atoms. The van der Waals surface area contributed by atoms with E-state index in [0.717, 1.165) is 148 Å². The molecule has 8 unspecified atom stereocenters. The van der Waals surface area contributed by atoms with Gasteiger partial charge in [-0.2, -0.15) is 0 Å². The molecule has 1 aliphatic heterocycles. The van der Waals surface area contributed by atoms with E-state index in [1.54, 1.807) is 6.08 Å². The van der Waals surface area contributed by atoms with Crippen molar-refractivity contribution in [3.05, 3.63) is 134 Å². The second kappa shape index (κ2) is 61.1. The number of carbonyl (C=O) groups excluding carboxylic acids is 2. The van der Waals surface area contributed by atoms with Crippen molar-refractivity contribution in [1.29, 1.82) is 0 Å². The molecule has 1 heterocycles. The van der Waals surface area contributed by atoms with Crippen LogP contribution in [0.5, 0.6) is 0 Å². The summed E-state index contributed by atoms with van der Waals surface area (Å²) in [6.45, 7) is 5.55. The second-order valence-electron chi connectivity index (χ2n) is 23.1. The Balaban J connectivity index is 2.62. The summed E-state index contributed by atoms with van der Waals surface area (Å²) < 4.78 is 17.7. The van der Waals surface area contributed by atoms with Crippen molar-refractivity contribution in [3.63, 3.8) is 0 Å². The number of esters is 1. The first-order valence-electron chi connectivity index (χ1n) is 34.5. The Labute approximate surface area is 524 Å². The molecule has 1 amide bonds. The van der Waals surface area contributed by atoms with Crippen molar-refractivity contribution in [1.82, 2.24) is 5.32 Å². The minimum atomic E-state index is -1.63. The first-order valence-corrected chi connectivity index (χ1v) is 34.5. The first kappa shape index (κ1) is 79.8. The Kier molecular flexibility index (Phi) is 56.7. The number of hydrogen-bond donors (Lipinski definition) is 6. The van der Waals surface area contributed by atoms with Crippen molar-refractivity contribution in [2.24, 2.45) is 0 Å². The third-order valence-electron chi connectivity index (χ3n) is 15.3. The summed E-state index contributed by atoms with van der Waals surface area (Å²) in [5.74, 6) is -1.23. The Morgan fingerprint density at radius 2 is 0.837 bits per heavy atom. The molecule has 0 aromatic heterocycles. The van der Waals surface area contributed by atoms with Crippen LogP contribution in [0.15, 0.2) is 134 Å². The van der Waals surface area contributed by atoms with Gasteiger partial charge in [0.2, 0.25) is 5.91 Å². The minimum Gasteiger partial charge on any atom is -0.454 e. The van der Waals surface area contributed by atoms with Crippen molar-refractivity contribution in [3.8, 4) is 0 Å². The summed E-state index contributed by atoms with van der Waals surface area (Å²) in [5.41, 5.74) is 0. The van der Waals surface area contributed by atoms with E-state index in [-0.39, 0.29) is 19.4 Å². The number of nitrogens with one attached hydrogen (secondary N) is 1. The van der Waals surface area contributed by atoms with E-state index < -0.39 is 67.4 Å². The fraction of sp³-hybridized carbons (Fsp3) is 0.680. The summed E-state index contributed by atoms with van der Waals surface area (Å²) in [5, 5.41) is 57.2. The van der Waals surface area contributed by atoms with E-state index in [2.05, 4.69) is 148 Å². The lowest BCUT2D eigenvalue weighted by Gasteiger charge is -2.41. The zero-order chi connectivity index (χ0) is 62.4. The maximum absolute atomic E-state index is 13.5. The molecule has 1 saturated heterocycles. The van der Waals surface area contributed by atoms with E-state index in [1.807, 2.05) is 6.08 Å². The lowest BCUT2D eigenvalue weighted by atomic mass is 9.99. The van der Waals surface area contributed by atoms with Crippen LogP contribution < -0.4 is 5.32 Å². The van der Waals surface area contributed by atoms with Crippen LogP contribution in [-0.2, 0) is 23.8 Å². The molecule has 0 aliphatic carbocycles. The second-order valence-corrected chi connectivity index (χ2v) is 23.1. The van der Waals surface area contributed by atoms with Gasteiger partial charge in [-0.3, -0.25) is 9.59 Å². The van der Waals surface area contributed by atoms with Crippen LogP contribution in [0.1, 0.15) is 265 Å². The van der Waals surface area contributed by atoms with E-state index in [1.165, 1.54) is 70.6 Å². The van der Waals surface area contributed by atoms with Crippen LogP contribution in [0.2, 0.25) is 0 Å². The fourth-order valence-corrected chi connectivity index (χ4v) is 9.94. The van der Waals surface area contributed by atoms with Crippen LogP contribution in [0, 0.1) is 0 Å². The van der Waals surface area contributed by atoms with Gasteiger partial charge in [0.25, 0.3) is 0 Å². The zero-order valence-electron chi connectivity index (χ0n) is 54.4. The molecule has 0 saturated carbocycles. The molecular formula is C75H125NO10. The Morgan fingerprint density at radius 1 is 0.465 bits per heavy atom. The van der Waals surface area contributed by atoms with Gasteiger partial charge < -0.3 is 45.1 Å². The smallest absolute Gasteiger partial charge is 0.306 e. The SMILES string of the molecule is CC/C=C\C/C=C\C/C=C\C/C=C\C/C=C\CCCCCCCCCCCC(=O)OC1C(OCC(NC(=O)C(O)CCCCCC/C=C\C/C=C\C/C=C\C/C=C\C/C=C\CC)C(O)/C=C/CCCCCCCCCCCC)OC(CO)C(O)C1O. The third-order valence-corrected chi connectivity index (χ3v) is 15.3. The van der Waals surface area contributed by atoms with Gasteiger partial charge >= 0.3 is 5.97 Å². The standard InChI is InChI=1S/C75H125NO10/c1-4-7-10-13-16-19-22-25-27-29-31-33-34-35-36-37-39-41-43-45-48-51-54-57-60-63-70(80)86-73-72(82)71(81)69(64-77)85-75(73)84-65-66(67(78)61-58-55-52-49-46-24-21-18-15-12-9-6-3)76-74(83)68(79)62-59-56-53-50-47-44-42-40-38-32-30-28-26-23-20-17-14-11-8-5-2/h7-8,10-11,16-17,19-20,25-28,31-33,35-36,38,42,44,58,61,66-69,71-73,75,77-79,81-82H,4-6,9,12-15,18,21-24,29-30,34,37,39-41,43,45-57,59-60,62-65H2,1-3H3,(H,76,83)/b10-7-,11-8-,19-16-,20-17-,27-25-,28-26-,33-31-,36-35-,38-32-,44-42-,61-58+. The zero-order valence-corrected chi connectivity index (χ0v) is 54.4.